The van der Waals surface area contributed by atoms with E-state index in [1.807, 2.05) is 0 Å². The lowest BCUT2D eigenvalue weighted by Crippen LogP contribution is -2.44. The van der Waals surface area contributed by atoms with Gasteiger partial charge in [0.05, 0.1) is 5.92 Å². The minimum atomic E-state index is 0.183. The van der Waals surface area contributed by atoms with Gasteiger partial charge in [-0.1, -0.05) is 33.1 Å². The lowest BCUT2D eigenvalue weighted by molar-refractivity contribution is -0.126. The van der Waals surface area contributed by atoms with Gasteiger partial charge in [-0.15, -0.1) is 0 Å². The molecule has 1 amide bonds. The highest BCUT2D eigenvalue weighted by Crippen LogP contribution is 2.28. The van der Waals surface area contributed by atoms with E-state index >= 15 is 0 Å². The van der Waals surface area contributed by atoms with Gasteiger partial charge >= 0.3 is 0 Å². The average molecular weight is 252 g/mol. The fraction of sp³-hybridized carbons (Fsp3) is 0.933. The predicted octanol–water partition coefficient (Wildman–Crippen LogP) is 2.32. The summed E-state index contributed by atoms with van der Waals surface area (Å²) in [6, 6.07) is 0.408. The van der Waals surface area contributed by atoms with Crippen molar-refractivity contribution in [2.24, 2.45) is 17.8 Å². The van der Waals surface area contributed by atoms with Crippen LogP contribution in [0.5, 0.6) is 0 Å². The molecule has 1 aliphatic carbocycles. The first-order valence-electron chi connectivity index (χ1n) is 7.73. The van der Waals surface area contributed by atoms with Crippen LogP contribution in [0, 0.1) is 17.8 Å². The monoisotopic (exact) mass is 252 g/mol. The quantitative estimate of drug-likeness (QED) is 0.806. The topological polar surface area (TPSA) is 41.1 Å². The Labute approximate surface area is 111 Å². The smallest absolute Gasteiger partial charge is 0.224 e. The Balaban J connectivity index is 1.86. The van der Waals surface area contributed by atoms with Gasteiger partial charge < -0.3 is 10.6 Å². The molecular weight excluding hydrogens is 224 g/mol. The summed E-state index contributed by atoms with van der Waals surface area (Å²) in [4.78, 5) is 12.3. The third kappa shape index (κ3) is 3.25. The van der Waals surface area contributed by atoms with Crippen molar-refractivity contribution in [3.8, 4) is 0 Å². The molecular formula is C15H28N2O. The standard InChI is InChI=1S/C15H28N2O/c1-3-14(12-7-5-4-6-8-12)17-15(18)13-10-16-9-11(13)2/h11-14,16H,3-10H2,1-2H3,(H,17,18). The summed E-state index contributed by atoms with van der Waals surface area (Å²) in [5.41, 5.74) is 0. The normalized spacial score (nSPS) is 31.2. The molecule has 2 rings (SSSR count). The third-order valence-electron chi connectivity index (χ3n) is 4.84. The molecule has 3 atom stereocenters. The number of nitrogens with one attached hydrogen (secondary N) is 2. The van der Waals surface area contributed by atoms with Crippen molar-refractivity contribution in [2.75, 3.05) is 13.1 Å². The second kappa shape index (κ2) is 6.55. The molecule has 3 heteroatoms. The van der Waals surface area contributed by atoms with E-state index in [4.69, 9.17) is 0 Å². The molecule has 0 aromatic carbocycles. The van der Waals surface area contributed by atoms with Gasteiger partial charge in [-0.3, -0.25) is 4.79 Å². The maximum atomic E-state index is 12.3. The van der Waals surface area contributed by atoms with Crippen LogP contribution in [0.15, 0.2) is 0 Å². The van der Waals surface area contributed by atoms with Crippen LogP contribution in [-0.2, 0) is 4.79 Å². The zero-order valence-corrected chi connectivity index (χ0v) is 11.9. The third-order valence-corrected chi connectivity index (χ3v) is 4.84. The Kier molecular flexibility index (Phi) is 5.04. The van der Waals surface area contributed by atoms with E-state index in [9.17, 15) is 4.79 Å². The largest absolute Gasteiger partial charge is 0.353 e. The Morgan fingerprint density at radius 1 is 1.28 bits per heavy atom. The lowest BCUT2D eigenvalue weighted by Gasteiger charge is -2.31. The van der Waals surface area contributed by atoms with E-state index < -0.39 is 0 Å². The first-order chi connectivity index (χ1) is 8.72. The van der Waals surface area contributed by atoms with Gasteiger partial charge in [0.1, 0.15) is 0 Å². The van der Waals surface area contributed by atoms with Gasteiger partial charge in [0.25, 0.3) is 0 Å². The Morgan fingerprint density at radius 3 is 2.56 bits per heavy atom. The molecule has 2 N–H and O–H groups in total. The van der Waals surface area contributed by atoms with Gasteiger partial charge in [0.15, 0.2) is 0 Å². The van der Waals surface area contributed by atoms with E-state index in [2.05, 4.69) is 24.5 Å². The minimum Gasteiger partial charge on any atom is -0.353 e. The van der Waals surface area contributed by atoms with E-state index in [0.29, 0.717) is 12.0 Å². The van der Waals surface area contributed by atoms with Crippen LogP contribution in [0.25, 0.3) is 0 Å². The van der Waals surface area contributed by atoms with Crippen LogP contribution < -0.4 is 10.6 Å². The first kappa shape index (κ1) is 13.9. The fourth-order valence-electron chi connectivity index (χ4n) is 3.54. The number of carbonyl (C=O) groups excluding carboxylic acids is 1. The predicted molar refractivity (Wildman–Crippen MR) is 74.3 cm³/mol. The summed E-state index contributed by atoms with van der Waals surface area (Å²) in [6.45, 7) is 6.22. The van der Waals surface area contributed by atoms with Crippen molar-refractivity contribution in [1.29, 1.82) is 0 Å². The van der Waals surface area contributed by atoms with Crippen LogP contribution in [0.3, 0.4) is 0 Å². The van der Waals surface area contributed by atoms with E-state index in [-0.39, 0.29) is 11.8 Å². The van der Waals surface area contributed by atoms with Crippen LogP contribution >= 0.6 is 0 Å². The number of hydrogen-bond donors (Lipinski definition) is 2. The molecule has 0 aromatic heterocycles. The highest BCUT2D eigenvalue weighted by molar-refractivity contribution is 5.79. The SMILES string of the molecule is CCC(NC(=O)C1CNCC1C)C1CCCCC1. The maximum Gasteiger partial charge on any atom is 0.224 e. The van der Waals surface area contributed by atoms with Crippen LogP contribution in [0.2, 0.25) is 0 Å². The highest BCUT2D eigenvalue weighted by atomic mass is 16.2. The van der Waals surface area contributed by atoms with Gasteiger partial charge in [-0.2, -0.15) is 0 Å². The highest BCUT2D eigenvalue weighted by Gasteiger charge is 2.32. The van der Waals surface area contributed by atoms with E-state index in [1.54, 1.807) is 0 Å². The van der Waals surface area contributed by atoms with Crippen LogP contribution in [0.1, 0.15) is 52.4 Å². The average Bonchev–Trinajstić information content (AvgIpc) is 2.83. The molecule has 2 fully saturated rings. The summed E-state index contributed by atoms with van der Waals surface area (Å²) >= 11 is 0. The van der Waals surface area contributed by atoms with Gasteiger partial charge in [-0.25, -0.2) is 0 Å². The van der Waals surface area contributed by atoms with E-state index in [1.165, 1.54) is 32.1 Å². The zero-order valence-electron chi connectivity index (χ0n) is 11.9. The summed E-state index contributed by atoms with van der Waals surface area (Å²) in [7, 11) is 0. The summed E-state index contributed by atoms with van der Waals surface area (Å²) in [5.74, 6) is 1.67. The second-order valence-electron chi connectivity index (χ2n) is 6.16. The summed E-state index contributed by atoms with van der Waals surface area (Å²) in [5, 5.41) is 6.64. The molecule has 1 saturated heterocycles. The Bertz CT molecular complexity index is 274. The van der Waals surface area contributed by atoms with Crippen molar-refractivity contribution < 1.29 is 4.79 Å². The Morgan fingerprint density at radius 2 is 2.00 bits per heavy atom. The minimum absolute atomic E-state index is 0.183. The molecule has 1 aliphatic heterocycles. The van der Waals surface area contributed by atoms with Gasteiger partial charge in [0, 0.05) is 12.6 Å². The summed E-state index contributed by atoms with van der Waals surface area (Å²) < 4.78 is 0. The molecule has 0 aromatic rings. The number of amides is 1. The van der Waals surface area contributed by atoms with Crippen molar-refractivity contribution in [1.82, 2.24) is 10.6 Å². The van der Waals surface area contributed by atoms with Crippen LogP contribution in [-0.4, -0.2) is 25.0 Å². The molecule has 0 bridgehead atoms. The molecule has 3 nitrogen and oxygen atoms in total. The zero-order chi connectivity index (χ0) is 13.0. The first-order valence-corrected chi connectivity index (χ1v) is 7.73. The number of hydrogen-bond acceptors (Lipinski definition) is 2. The van der Waals surface area contributed by atoms with E-state index in [0.717, 1.165) is 25.4 Å². The number of carbonyl (C=O) groups is 1. The van der Waals surface area contributed by atoms with Crippen molar-refractivity contribution in [3.05, 3.63) is 0 Å². The molecule has 18 heavy (non-hydrogen) atoms. The van der Waals surface area contributed by atoms with Gasteiger partial charge in [-0.05, 0) is 37.6 Å². The van der Waals surface area contributed by atoms with Gasteiger partial charge in [0.2, 0.25) is 5.91 Å². The molecule has 0 radical (unpaired) electrons. The molecule has 104 valence electrons. The molecule has 1 heterocycles. The maximum absolute atomic E-state index is 12.3. The molecule has 3 unspecified atom stereocenters. The molecule has 1 saturated carbocycles. The molecule has 0 spiro atoms. The van der Waals surface area contributed by atoms with Crippen molar-refractivity contribution in [2.45, 2.75) is 58.4 Å². The fourth-order valence-corrected chi connectivity index (χ4v) is 3.54. The lowest BCUT2D eigenvalue weighted by atomic mass is 9.82. The summed E-state index contributed by atoms with van der Waals surface area (Å²) in [6.07, 6.45) is 7.75. The molecule has 2 aliphatic rings. The van der Waals surface area contributed by atoms with Crippen molar-refractivity contribution >= 4 is 5.91 Å². The number of rotatable bonds is 4. The van der Waals surface area contributed by atoms with Crippen molar-refractivity contribution in [3.63, 3.8) is 0 Å². The van der Waals surface area contributed by atoms with Crippen LogP contribution in [0.4, 0.5) is 0 Å². The second-order valence-corrected chi connectivity index (χ2v) is 6.16. The Hall–Kier alpha value is -0.570.